The van der Waals surface area contributed by atoms with Crippen LogP contribution in [0.2, 0.25) is 0 Å². The standard InChI is InChI=1S/C16H21N/c1-16(2,3)14-11-13(9-10-15(14)17)12-7-5-4-6-8-12/h4-10,13H,11,17H2,1-3H3/t13-/m1/s1. The van der Waals surface area contributed by atoms with E-state index in [9.17, 15) is 0 Å². The molecule has 17 heavy (non-hydrogen) atoms. The lowest BCUT2D eigenvalue weighted by Crippen LogP contribution is -2.19. The third kappa shape index (κ3) is 2.60. The molecule has 0 saturated carbocycles. The molecule has 0 saturated heterocycles. The lowest BCUT2D eigenvalue weighted by atomic mass is 9.76. The van der Waals surface area contributed by atoms with Gasteiger partial charge in [0.1, 0.15) is 0 Å². The van der Waals surface area contributed by atoms with E-state index in [4.69, 9.17) is 5.73 Å². The van der Waals surface area contributed by atoms with E-state index < -0.39 is 0 Å². The van der Waals surface area contributed by atoms with Crippen molar-refractivity contribution in [3.63, 3.8) is 0 Å². The second kappa shape index (κ2) is 4.40. The highest BCUT2D eigenvalue weighted by Crippen LogP contribution is 2.38. The van der Waals surface area contributed by atoms with E-state index in [0.717, 1.165) is 12.1 Å². The van der Waals surface area contributed by atoms with Crippen LogP contribution in [0.15, 0.2) is 53.8 Å². The predicted molar refractivity (Wildman–Crippen MR) is 73.6 cm³/mol. The summed E-state index contributed by atoms with van der Waals surface area (Å²) in [5.41, 5.74) is 9.94. The molecule has 0 aromatic heterocycles. The summed E-state index contributed by atoms with van der Waals surface area (Å²) < 4.78 is 0. The van der Waals surface area contributed by atoms with Crippen LogP contribution in [-0.4, -0.2) is 0 Å². The molecular formula is C16H21N. The zero-order chi connectivity index (χ0) is 12.5. The van der Waals surface area contributed by atoms with Crippen LogP contribution in [0.4, 0.5) is 0 Å². The first-order valence-corrected chi connectivity index (χ1v) is 6.21. The topological polar surface area (TPSA) is 26.0 Å². The van der Waals surface area contributed by atoms with E-state index in [1.807, 2.05) is 0 Å². The van der Waals surface area contributed by atoms with Gasteiger partial charge in [0.2, 0.25) is 0 Å². The van der Waals surface area contributed by atoms with Crippen molar-refractivity contribution in [1.29, 1.82) is 0 Å². The number of hydrogen-bond acceptors (Lipinski definition) is 1. The Labute approximate surface area is 104 Å². The molecule has 90 valence electrons. The van der Waals surface area contributed by atoms with Crippen molar-refractivity contribution in [2.45, 2.75) is 33.1 Å². The maximum atomic E-state index is 6.10. The van der Waals surface area contributed by atoms with Gasteiger partial charge in [-0.3, -0.25) is 0 Å². The summed E-state index contributed by atoms with van der Waals surface area (Å²) in [5, 5.41) is 0. The predicted octanol–water partition coefficient (Wildman–Crippen LogP) is 3.99. The van der Waals surface area contributed by atoms with Crippen LogP contribution in [0.25, 0.3) is 0 Å². The molecule has 1 aliphatic rings. The van der Waals surface area contributed by atoms with E-state index in [0.29, 0.717) is 5.92 Å². The minimum absolute atomic E-state index is 0.155. The summed E-state index contributed by atoms with van der Waals surface area (Å²) in [4.78, 5) is 0. The van der Waals surface area contributed by atoms with Gasteiger partial charge in [0.15, 0.2) is 0 Å². The first-order valence-electron chi connectivity index (χ1n) is 6.21. The van der Waals surface area contributed by atoms with Crippen molar-refractivity contribution in [3.8, 4) is 0 Å². The van der Waals surface area contributed by atoms with Crippen LogP contribution in [0.3, 0.4) is 0 Å². The van der Waals surface area contributed by atoms with E-state index in [1.165, 1.54) is 11.1 Å². The minimum atomic E-state index is 0.155. The Morgan fingerprint density at radius 1 is 1.12 bits per heavy atom. The van der Waals surface area contributed by atoms with Crippen molar-refractivity contribution in [3.05, 3.63) is 59.3 Å². The van der Waals surface area contributed by atoms with E-state index in [1.54, 1.807) is 0 Å². The average Bonchev–Trinajstić information content (AvgIpc) is 2.29. The largest absolute Gasteiger partial charge is 0.399 e. The third-order valence-corrected chi connectivity index (χ3v) is 3.41. The van der Waals surface area contributed by atoms with Gasteiger partial charge in [0.25, 0.3) is 0 Å². The van der Waals surface area contributed by atoms with Crippen LogP contribution >= 0.6 is 0 Å². The van der Waals surface area contributed by atoms with Gasteiger partial charge in [-0.2, -0.15) is 0 Å². The number of nitrogens with two attached hydrogens (primary N) is 1. The highest BCUT2D eigenvalue weighted by Gasteiger charge is 2.25. The molecule has 0 fully saturated rings. The second-order valence-corrected chi connectivity index (χ2v) is 5.76. The van der Waals surface area contributed by atoms with Gasteiger partial charge in [-0.25, -0.2) is 0 Å². The van der Waals surface area contributed by atoms with Crippen LogP contribution in [-0.2, 0) is 0 Å². The van der Waals surface area contributed by atoms with Gasteiger partial charge in [-0.05, 0) is 29.0 Å². The molecule has 1 heteroatoms. The van der Waals surface area contributed by atoms with Gasteiger partial charge in [-0.1, -0.05) is 57.2 Å². The van der Waals surface area contributed by atoms with Gasteiger partial charge in [0, 0.05) is 11.6 Å². The highest BCUT2D eigenvalue weighted by molar-refractivity contribution is 5.37. The Bertz CT molecular complexity index is 446. The van der Waals surface area contributed by atoms with Crippen LogP contribution in [0.1, 0.15) is 38.7 Å². The second-order valence-electron chi connectivity index (χ2n) is 5.76. The number of benzene rings is 1. The molecule has 0 heterocycles. The molecule has 0 aliphatic heterocycles. The average molecular weight is 227 g/mol. The van der Waals surface area contributed by atoms with Gasteiger partial charge in [-0.15, -0.1) is 0 Å². The zero-order valence-corrected chi connectivity index (χ0v) is 10.9. The normalized spacial score (nSPS) is 20.8. The monoisotopic (exact) mass is 227 g/mol. The van der Waals surface area contributed by atoms with Crippen LogP contribution < -0.4 is 5.73 Å². The van der Waals surface area contributed by atoms with E-state index in [2.05, 4.69) is 63.3 Å². The first kappa shape index (κ1) is 12.0. The maximum absolute atomic E-state index is 6.10. The molecule has 0 amide bonds. The molecule has 0 unspecified atom stereocenters. The lowest BCUT2D eigenvalue weighted by molar-refractivity contribution is 0.467. The Morgan fingerprint density at radius 3 is 2.35 bits per heavy atom. The summed E-state index contributed by atoms with van der Waals surface area (Å²) in [6, 6.07) is 10.6. The Morgan fingerprint density at radius 2 is 1.76 bits per heavy atom. The molecule has 1 aliphatic carbocycles. The summed E-state index contributed by atoms with van der Waals surface area (Å²) in [7, 11) is 0. The smallest absolute Gasteiger partial charge is 0.0308 e. The number of rotatable bonds is 1. The van der Waals surface area contributed by atoms with Crippen molar-refractivity contribution < 1.29 is 0 Å². The number of hydrogen-bond donors (Lipinski definition) is 1. The first-order chi connectivity index (χ1) is 7.98. The Kier molecular flexibility index (Phi) is 3.10. The molecule has 2 N–H and O–H groups in total. The molecule has 2 rings (SSSR count). The fraction of sp³-hybridized carbons (Fsp3) is 0.375. The van der Waals surface area contributed by atoms with Crippen molar-refractivity contribution in [1.82, 2.24) is 0 Å². The number of allylic oxidation sites excluding steroid dienone is 3. The van der Waals surface area contributed by atoms with Gasteiger partial charge >= 0.3 is 0 Å². The summed E-state index contributed by atoms with van der Waals surface area (Å²) in [5.74, 6) is 0.470. The van der Waals surface area contributed by atoms with Crippen LogP contribution in [0.5, 0.6) is 0 Å². The molecule has 0 spiro atoms. The fourth-order valence-electron chi connectivity index (χ4n) is 2.39. The molecule has 1 aromatic carbocycles. The van der Waals surface area contributed by atoms with Gasteiger partial charge in [0.05, 0.1) is 0 Å². The highest BCUT2D eigenvalue weighted by atomic mass is 14.6. The fourth-order valence-corrected chi connectivity index (χ4v) is 2.39. The van der Waals surface area contributed by atoms with Gasteiger partial charge < -0.3 is 5.73 Å². The molecule has 1 aromatic rings. The molecule has 0 bridgehead atoms. The van der Waals surface area contributed by atoms with Crippen molar-refractivity contribution in [2.24, 2.45) is 11.1 Å². The molecule has 0 radical (unpaired) electrons. The van der Waals surface area contributed by atoms with Crippen molar-refractivity contribution in [2.75, 3.05) is 0 Å². The summed E-state index contributed by atoms with van der Waals surface area (Å²) >= 11 is 0. The zero-order valence-electron chi connectivity index (χ0n) is 10.9. The Hall–Kier alpha value is -1.50. The maximum Gasteiger partial charge on any atom is 0.0308 e. The van der Waals surface area contributed by atoms with E-state index >= 15 is 0 Å². The minimum Gasteiger partial charge on any atom is -0.399 e. The lowest BCUT2D eigenvalue weighted by Gasteiger charge is -2.30. The third-order valence-electron chi connectivity index (χ3n) is 3.41. The Balaban J connectivity index is 2.27. The van der Waals surface area contributed by atoms with E-state index in [-0.39, 0.29) is 5.41 Å². The van der Waals surface area contributed by atoms with Crippen molar-refractivity contribution >= 4 is 0 Å². The quantitative estimate of drug-likeness (QED) is 0.771. The molecular weight excluding hydrogens is 206 g/mol. The summed E-state index contributed by atoms with van der Waals surface area (Å²) in [6.45, 7) is 6.70. The summed E-state index contributed by atoms with van der Waals surface area (Å²) in [6.07, 6.45) is 5.33. The SMILES string of the molecule is CC(C)(C)C1=C(N)C=C[C@@H](c2ccccc2)C1. The molecule has 1 atom stereocenters. The van der Waals surface area contributed by atoms with Crippen LogP contribution in [0, 0.1) is 5.41 Å². The molecule has 1 nitrogen and oxygen atoms in total.